The lowest BCUT2D eigenvalue weighted by Gasteiger charge is -2.26. The fourth-order valence-electron chi connectivity index (χ4n) is 3.12. The maximum atomic E-state index is 12.7. The van der Waals surface area contributed by atoms with Gasteiger partial charge in [0.05, 0.1) is 5.75 Å². The second-order valence-corrected chi connectivity index (χ2v) is 10.5. The van der Waals surface area contributed by atoms with E-state index in [1.54, 1.807) is 23.1 Å². The van der Waals surface area contributed by atoms with E-state index < -0.39 is 10.0 Å². The van der Waals surface area contributed by atoms with Gasteiger partial charge in [-0.15, -0.1) is 11.3 Å². The molecule has 1 aromatic heterocycles. The molecule has 0 N–H and O–H groups in total. The minimum atomic E-state index is -3.47. The minimum Gasteiger partial charge on any atom is -0.282 e. The average molecular weight is 403 g/mol. The number of hydrogen-bond donors (Lipinski definition) is 0. The van der Waals surface area contributed by atoms with E-state index in [9.17, 15) is 18.0 Å². The molecule has 1 aromatic rings. The number of sulfonamides is 1. The number of amides is 2. The summed E-state index contributed by atoms with van der Waals surface area (Å²) in [6.07, 6.45) is 2.00. The number of carbonyl (C=O) groups is 2. The number of nitrogens with zero attached hydrogens (tertiary/aromatic N) is 2. The molecule has 0 spiro atoms. The van der Waals surface area contributed by atoms with E-state index in [0.29, 0.717) is 37.6 Å². The summed E-state index contributed by atoms with van der Waals surface area (Å²) in [7, 11) is -3.47. The van der Waals surface area contributed by atoms with Gasteiger partial charge in [-0.3, -0.25) is 14.5 Å². The van der Waals surface area contributed by atoms with Gasteiger partial charge in [-0.05, 0) is 24.3 Å². The molecule has 2 aliphatic rings. The van der Waals surface area contributed by atoms with Crippen LogP contribution >= 0.6 is 23.1 Å². The molecule has 3 rings (SSSR count). The van der Waals surface area contributed by atoms with Gasteiger partial charge in [0.1, 0.15) is 0 Å². The Kier molecular flexibility index (Phi) is 6.19. The van der Waals surface area contributed by atoms with Crippen LogP contribution in [0.1, 0.15) is 35.8 Å². The monoisotopic (exact) mass is 402 g/mol. The van der Waals surface area contributed by atoms with Crippen molar-refractivity contribution in [1.82, 2.24) is 9.21 Å². The number of imide groups is 1. The average Bonchev–Trinajstić information content (AvgIpc) is 2.98. The minimum absolute atomic E-state index is 0.0298. The first-order chi connectivity index (χ1) is 12.0. The first-order valence-electron chi connectivity index (χ1n) is 8.43. The molecule has 2 saturated heterocycles. The largest absolute Gasteiger partial charge is 0.282 e. The lowest BCUT2D eigenvalue weighted by molar-refractivity contribution is -0.147. The van der Waals surface area contributed by atoms with Crippen molar-refractivity contribution in [1.29, 1.82) is 0 Å². The van der Waals surface area contributed by atoms with E-state index in [4.69, 9.17) is 0 Å². The highest BCUT2D eigenvalue weighted by Crippen LogP contribution is 2.37. The van der Waals surface area contributed by atoms with Crippen molar-refractivity contribution in [3.63, 3.8) is 0 Å². The number of rotatable bonds is 5. The van der Waals surface area contributed by atoms with Gasteiger partial charge in [-0.1, -0.05) is 6.07 Å². The molecule has 0 radical (unpaired) electrons. The molecule has 2 aliphatic heterocycles. The van der Waals surface area contributed by atoms with E-state index in [1.807, 2.05) is 11.4 Å². The molecule has 0 aliphatic carbocycles. The summed E-state index contributed by atoms with van der Waals surface area (Å²) in [5, 5.41) is 2.38. The zero-order valence-corrected chi connectivity index (χ0v) is 16.4. The summed E-state index contributed by atoms with van der Waals surface area (Å²) >= 11 is 3.50. The molecule has 0 bridgehead atoms. The van der Waals surface area contributed by atoms with Crippen molar-refractivity contribution in [3.05, 3.63) is 22.4 Å². The zero-order valence-electron chi connectivity index (χ0n) is 13.9. The summed E-state index contributed by atoms with van der Waals surface area (Å²) in [5.74, 6) is 0.0635. The Morgan fingerprint density at radius 2 is 1.92 bits per heavy atom. The van der Waals surface area contributed by atoms with Gasteiger partial charge in [0, 0.05) is 48.4 Å². The van der Waals surface area contributed by atoms with Gasteiger partial charge in [-0.2, -0.15) is 11.8 Å². The smallest absolute Gasteiger partial charge is 0.229 e. The predicted molar refractivity (Wildman–Crippen MR) is 100 cm³/mol. The Balaban J connectivity index is 1.58. The Labute approximate surface area is 156 Å². The normalized spacial score (nSPS) is 23.7. The highest BCUT2D eigenvalue weighted by molar-refractivity contribution is 7.99. The molecule has 0 saturated carbocycles. The molecular weight excluding hydrogens is 380 g/mol. The van der Waals surface area contributed by atoms with Crippen LogP contribution in [0.3, 0.4) is 0 Å². The molecule has 25 heavy (non-hydrogen) atoms. The molecule has 0 aromatic carbocycles. The molecule has 2 amide bonds. The highest BCUT2D eigenvalue weighted by Gasteiger charge is 2.31. The molecule has 138 valence electrons. The molecule has 9 heteroatoms. The summed E-state index contributed by atoms with van der Waals surface area (Å²) in [4.78, 5) is 26.0. The lowest BCUT2D eigenvalue weighted by Crippen LogP contribution is -2.45. The zero-order chi connectivity index (χ0) is 17.9. The summed E-state index contributed by atoms with van der Waals surface area (Å²) in [6.45, 7) is 0.939. The summed E-state index contributed by atoms with van der Waals surface area (Å²) < 4.78 is 26.8. The number of carbonyl (C=O) groups excluding carboxylic acids is 2. The van der Waals surface area contributed by atoms with E-state index in [2.05, 4.69) is 6.07 Å². The van der Waals surface area contributed by atoms with Crippen molar-refractivity contribution >= 4 is 44.9 Å². The molecule has 3 heterocycles. The van der Waals surface area contributed by atoms with Crippen molar-refractivity contribution in [2.75, 3.05) is 31.1 Å². The maximum Gasteiger partial charge on any atom is 0.229 e. The third-order valence-electron chi connectivity index (χ3n) is 4.51. The molecule has 1 unspecified atom stereocenters. The van der Waals surface area contributed by atoms with Crippen LogP contribution in [0.2, 0.25) is 0 Å². The number of likely N-dealkylation sites (tertiary alicyclic amines) is 1. The van der Waals surface area contributed by atoms with E-state index >= 15 is 0 Å². The molecular formula is C16H22N2O4S3. The number of piperidine rings is 1. The first-order valence-corrected chi connectivity index (χ1v) is 12.0. The first kappa shape index (κ1) is 18.9. The maximum absolute atomic E-state index is 12.7. The second kappa shape index (κ2) is 8.20. The Morgan fingerprint density at radius 1 is 1.16 bits per heavy atom. The quantitative estimate of drug-likeness (QED) is 0.705. The van der Waals surface area contributed by atoms with E-state index in [-0.39, 0.29) is 24.1 Å². The van der Waals surface area contributed by atoms with Crippen LogP contribution in [0.15, 0.2) is 17.5 Å². The number of thioether (sulfide) groups is 1. The van der Waals surface area contributed by atoms with Gasteiger partial charge in [0.15, 0.2) is 0 Å². The lowest BCUT2D eigenvalue weighted by atomic mass is 10.1. The van der Waals surface area contributed by atoms with Crippen LogP contribution in [0.4, 0.5) is 0 Å². The standard InChI is InChI=1S/C16H22N2O4S3/c19-15-4-1-5-16(20)18(15)9-12-25(21,22)17-7-6-14(24-11-8-17)13-3-2-10-23-13/h2-3,10,14H,1,4-9,11-12H2. The molecule has 1 atom stereocenters. The van der Waals surface area contributed by atoms with Crippen molar-refractivity contribution in [2.45, 2.75) is 30.9 Å². The molecule has 6 nitrogen and oxygen atoms in total. The topological polar surface area (TPSA) is 74.8 Å². The fourth-order valence-corrected chi connectivity index (χ4v) is 6.89. The van der Waals surface area contributed by atoms with Gasteiger partial charge in [0.2, 0.25) is 21.8 Å². The van der Waals surface area contributed by atoms with Crippen molar-refractivity contribution in [3.8, 4) is 0 Å². The Morgan fingerprint density at radius 3 is 2.60 bits per heavy atom. The predicted octanol–water partition coefficient (Wildman–Crippen LogP) is 2.10. The Bertz CT molecular complexity index is 702. The fraction of sp³-hybridized carbons (Fsp3) is 0.625. The van der Waals surface area contributed by atoms with Crippen LogP contribution in [0.5, 0.6) is 0 Å². The van der Waals surface area contributed by atoms with Crippen LogP contribution in [-0.4, -0.2) is 60.6 Å². The van der Waals surface area contributed by atoms with Crippen LogP contribution in [-0.2, 0) is 19.6 Å². The van der Waals surface area contributed by atoms with E-state index in [0.717, 1.165) is 17.1 Å². The SMILES string of the molecule is O=C1CCCC(=O)N1CCS(=O)(=O)N1CCSC(c2cccs2)CC1. The van der Waals surface area contributed by atoms with Gasteiger partial charge in [-0.25, -0.2) is 12.7 Å². The number of thiophene rings is 1. The highest BCUT2D eigenvalue weighted by atomic mass is 32.2. The van der Waals surface area contributed by atoms with Crippen molar-refractivity contribution in [2.24, 2.45) is 0 Å². The van der Waals surface area contributed by atoms with Gasteiger partial charge >= 0.3 is 0 Å². The van der Waals surface area contributed by atoms with E-state index in [1.165, 1.54) is 9.18 Å². The Hall–Kier alpha value is -0.900. The van der Waals surface area contributed by atoms with Gasteiger partial charge in [0.25, 0.3) is 0 Å². The van der Waals surface area contributed by atoms with Gasteiger partial charge < -0.3 is 0 Å². The van der Waals surface area contributed by atoms with Crippen LogP contribution < -0.4 is 0 Å². The number of hydrogen-bond acceptors (Lipinski definition) is 6. The second-order valence-electron chi connectivity index (χ2n) is 6.17. The summed E-state index contributed by atoms with van der Waals surface area (Å²) in [5.41, 5.74) is 0. The van der Waals surface area contributed by atoms with Crippen molar-refractivity contribution < 1.29 is 18.0 Å². The third kappa shape index (κ3) is 4.64. The summed E-state index contributed by atoms with van der Waals surface area (Å²) in [6, 6.07) is 4.12. The third-order valence-corrected chi connectivity index (χ3v) is 8.81. The molecule has 2 fully saturated rings. The van der Waals surface area contributed by atoms with Crippen LogP contribution in [0, 0.1) is 0 Å². The van der Waals surface area contributed by atoms with Crippen LogP contribution in [0.25, 0.3) is 0 Å².